The number of carbonyl (C=O) groups is 1. The fraction of sp³-hybridized carbons (Fsp3) is 0.105. The summed E-state index contributed by atoms with van der Waals surface area (Å²) in [7, 11) is 1.82. The van der Waals surface area contributed by atoms with Crippen LogP contribution in [0.15, 0.2) is 48.9 Å². The number of halogens is 2. The molecule has 8 heteroatoms. The van der Waals surface area contributed by atoms with Crippen molar-refractivity contribution in [3.63, 3.8) is 0 Å². The second-order valence-corrected chi connectivity index (χ2v) is 6.16. The molecule has 0 aliphatic carbocycles. The van der Waals surface area contributed by atoms with E-state index >= 15 is 0 Å². The zero-order chi connectivity index (χ0) is 19.0. The van der Waals surface area contributed by atoms with E-state index in [1.165, 1.54) is 0 Å². The molecule has 0 radical (unpaired) electrons. The largest absolute Gasteiger partial charge is 0.338 e. The predicted octanol–water partition coefficient (Wildman–Crippen LogP) is 3.42. The molecule has 2 aromatic carbocycles. The molecule has 6 nitrogen and oxygen atoms in total. The highest BCUT2D eigenvalue weighted by molar-refractivity contribution is 5.94. The van der Waals surface area contributed by atoms with Gasteiger partial charge in [-0.1, -0.05) is 0 Å². The van der Waals surface area contributed by atoms with Gasteiger partial charge < -0.3 is 14.9 Å². The number of rotatable bonds is 4. The third-order valence-corrected chi connectivity index (χ3v) is 4.21. The van der Waals surface area contributed by atoms with Gasteiger partial charge in [-0.3, -0.25) is 4.79 Å². The summed E-state index contributed by atoms with van der Waals surface area (Å²) in [4.78, 5) is 23.4. The lowest BCUT2D eigenvalue weighted by atomic mass is 10.2. The first-order valence-corrected chi connectivity index (χ1v) is 8.20. The third kappa shape index (κ3) is 3.41. The van der Waals surface area contributed by atoms with Crippen LogP contribution in [0.3, 0.4) is 0 Å². The summed E-state index contributed by atoms with van der Waals surface area (Å²) in [5.74, 6) is -1.08. The molecule has 1 amide bonds. The van der Waals surface area contributed by atoms with Crippen molar-refractivity contribution in [1.82, 2.24) is 19.5 Å². The second kappa shape index (κ2) is 6.64. The Balaban J connectivity index is 1.58. The number of aryl methyl sites for hydroxylation is 1. The monoisotopic (exact) mass is 367 g/mol. The number of carbonyl (C=O) groups excluding carboxylic acids is 1. The zero-order valence-corrected chi connectivity index (χ0v) is 14.3. The predicted molar refractivity (Wildman–Crippen MR) is 97.0 cm³/mol. The molecule has 2 heterocycles. The van der Waals surface area contributed by atoms with Crippen molar-refractivity contribution in [2.75, 3.05) is 5.32 Å². The number of aromatic amines is 1. The van der Waals surface area contributed by atoms with Crippen molar-refractivity contribution in [2.24, 2.45) is 7.05 Å². The summed E-state index contributed by atoms with van der Waals surface area (Å²) in [6.45, 7) is 0. The van der Waals surface area contributed by atoms with E-state index in [1.54, 1.807) is 35.3 Å². The number of benzene rings is 2. The van der Waals surface area contributed by atoms with E-state index < -0.39 is 11.6 Å². The van der Waals surface area contributed by atoms with Gasteiger partial charge in [0.1, 0.15) is 17.5 Å². The molecule has 2 aromatic heterocycles. The fourth-order valence-electron chi connectivity index (χ4n) is 2.82. The van der Waals surface area contributed by atoms with E-state index in [1.807, 2.05) is 7.05 Å². The molecule has 0 aliphatic rings. The van der Waals surface area contributed by atoms with Gasteiger partial charge in [0, 0.05) is 24.6 Å². The molecule has 0 fully saturated rings. The normalized spacial score (nSPS) is 11.1. The van der Waals surface area contributed by atoms with Gasteiger partial charge in [-0.15, -0.1) is 0 Å². The maximum atomic E-state index is 14.0. The summed E-state index contributed by atoms with van der Waals surface area (Å²) in [5.41, 5.74) is 2.60. The average molecular weight is 367 g/mol. The van der Waals surface area contributed by atoms with Crippen LogP contribution >= 0.6 is 0 Å². The van der Waals surface area contributed by atoms with Gasteiger partial charge in [0.15, 0.2) is 0 Å². The van der Waals surface area contributed by atoms with Crippen molar-refractivity contribution in [1.29, 1.82) is 0 Å². The number of anilines is 1. The summed E-state index contributed by atoms with van der Waals surface area (Å²) in [5, 5.41) is 2.81. The first-order valence-electron chi connectivity index (χ1n) is 8.20. The Morgan fingerprint density at radius 3 is 2.85 bits per heavy atom. The van der Waals surface area contributed by atoms with Gasteiger partial charge in [0.05, 0.1) is 29.3 Å². The van der Waals surface area contributed by atoms with Crippen molar-refractivity contribution in [3.8, 4) is 11.4 Å². The van der Waals surface area contributed by atoms with Crippen molar-refractivity contribution < 1.29 is 13.6 Å². The number of H-pyrrole nitrogens is 1. The van der Waals surface area contributed by atoms with Crippen molar-refractivity contribution in [3.05, 3.63) is 66.3 Å². The Morgan fingerprint density at radius 1 is 1.22 bits per heavy atom. The van der Waals surface area contributed by atoms with Crippen LogP contribution in [-0.2, 0) is 18.3 Å². The van der Waals surface area contributed by atoms with Crippen molar-refractivity contribution in [2.45, 2.75) is 6.42 Å². The summed E-state index contributed by atoms with van der Waals surface area (Å²) >= 11 is 0. The lowest BCUT2D eigenvalue weighted by Crippen LogP contribution is -2.15. The van der Waals surface area contributed by atoms with Crippen LogP contribution in [0.25, 0.3) is 22.4 Å². The van der Waals surface area contributed by atoms with Gasteiger partial charge in [-0.05, 0) is 36.4 Å². The molecule has 0 saturated carbocycles. The number of fused-ring (bicyclic) bond motifs is 1. The van der Waals surface area contributed by atoms with Crippen molar-refractivity contribution >= 4 is 22.6 Å². The van der Waals surface area contributed by atoms with E-state index in [0.717, 1.165) is 23.9 Å². The molecular formula is C19H15F2N5O. The number of hydrogen-bond acceptors (Lipinski definition) is 3. The minimum Gasteiger partial charge on any atom is -0.338 e. The number of amides is 1. The number of nitrogens with zero attached hydrogens (tertiary/aromatic N) is 3. The van der Waals surface area contributed by atoms with Gasteiger partial charge in [-0.2, -0.15) is 0 Å². The minimum atomic E-state index is -0.569. The van der Waals surface area contributed by atoms with Crippen LogP contribution in [0.2, 0.25) is 0 Å². The fourth-order valence-corrected chi connectivity index (χ4v) is 2.82. The lowest BCUT2D eigenvalue weighted by Gasteiger charge is -2.05. The van der Waals surface area contributed by atoms with Crippen LogP contribution in [-0.4, -0.2) is 25.4 Å². The SMILES string of the molecule is Cn1cncc1CC(=O)Nc1ccc2nc(-c3cc(F)ccc3F)[nH]c2c1. The summed E-state index contributed by atoms with van der Waals surface area (Å²) < 4.78 is 29.2. The highest BCUT2D eigenvalue weighted by atomic mass is 19.1. The molecule has 0 spiro atoms. The third-order valence-electron chi connectivity index (χ3n) is 4.21. The quantitative estimate of drug-likeness (QED) is 0.580. The Bertz CT molecular complexity index is 1150. The summed E-state index contributed by atoms with van der Waals surface area (Å²) in [6.07, 6.45) is 3.46. The first kappa shape index (κ1) is 16.9. The number of aromatic nitrogens is 4. The molecule has 136 valence electrons. The van der Waals surface area contributed by atoms with Gasteiger partial charge in [-0.25, -0.2) is 18.7 Å². The molecule has 4 rings (SSSR count). The van der Waals surface area contributed by atoms with E-state index in [4.69, 9.17) is 0 Å². The molecule has 0 unspecified atom stereocenters. The molecule has 0 atom stereocenters. The number of nitrogens with one attached hydrogen (secondary N) is 2. The van der Waals surface area contributed by atoms with Crippen LogP contribution in [0.4, 0.5) is 14.5 Å². The maximum absolute atomic E-state index is 14.0. The Labute approximate surface area is 152 Å². The van der Waals surface area contributed by atoms with E-state index in [9.17, 15) is 13.6 Å². The molecule has 2 N–H and O–H groups in total. The zero-order valence-electron chi connectivity index (χ0n) is 14.3. The van der Waals surface area contributed by atoms with Crippen LogP contribution in [0.5, 0.6) is 0 Å². The van der Waals surface area contributed by atoms with Crippen LogP contribution < -0.4 is 5.32 Å². The van der Waals surface area contributed by atoms with E-state index in [2.05, 4.69) is 20.3 Å². The molecule has 27 heavy (non-hydrogen) atoms. The van der Waals surface area contributed by atoms with Crippen LogP contribution in [0, 0.1) is 11.6 Å². The van der Waals surface area contributed by atoms with Gasteiger partial charge >= 0.3 is 0 Å². The van der Waals surface area contributed by atoms with E-state index in [-0.39, 0.29) is 23.7 Å². The van der Waals surface area contributed by atoms with E-state index in [0.29, 0.717) is 16.7 Å². The molecule has 0 aliphatic heterocycles. The molecule has 0 saturated heterocycles. The van der Waals surface area contributed by atoms with Gasteiger partial charge in [0.2, 0.25) is 5.91 Å². The van der Waals surface area contributed by atoms with Gasteiger partial charge in [0.25, 0.3) is 0 Å². The average Bonchev–Trinajstić information content (AvgIpc) is 3.23. The number of hydrogen-bond donors (Lipinski definition) is 2. The Hall–Kier alpha value is -3.55. The second-order valence-electron chi connectivity index (χ2n) is 6.16. The standard InChI is InChI=1S/C19H15F2N5O/c1-26-10-22-9-13(26)8-18(27)23-12-3-5-16-17(7-12)25-19(24-16)14-6-11(20)2-4-15(14)21/h2-7,9-10H,8H2,1H3,(H,23,27)(H,24,25). The Morgan fingerprint density at radius 2 is 2.07 bits per heavy atom. The highest BCUT2D eigenvalue weighted by Crippen LogP contribution is 2.25. The smallest absolute Gasteiger partial charge is 0.230 e. The summed E-state index contributed by atoms with van der Waals surface area (Å²) in [6, 6.07) is 8.30. The highest BCUT2D eigenvalue weighted by Gasteiger charge is 2.13. The Kier molecular flexibility index (Phi) is 4.15. The minimum absolute atomic E-state index is 0.0491. The number of imidazole rings is 2. The molecule has 4 aromatic rings. The maximum Gasteiger partial charge on any atom is 0.230 e. The molecule has 0 bridgehead atoms. The molecular weight excluding hydrogens is 352 g/mol. The van der Waals surface area contributed by atoms with Crippen LogP contribution in [0.1, 0.15) is 5.69 Å². The first-order chi connectivity index (χ1) is 13.0. The lowest BCUT2D eigenvalue weighted by molar-refractivity contribution is -0.115. The topological polar surface area (TPSA) is 75.6 Å².